The van der Waals surface area contributed by atoms with Crippen molar-refractivity contribution in [2.45, 2.75) is 31.5 Å². The van der Waals surface area contributed by atoms with Gasteiger partial charge in [0.25, 0.3) is 5.91 Å². The van der Waals surface area contributed by atoms with Gasteiger partial charge in [-0.25, -0.2) is 4.79 Å². The Morgan fingerprint density at radius 3 is 2.30 bits per heavy atom. The summed E-state index contributed by atoms with van der Waals surface area (Å²) < 4.78 is 4.94. The standard InChI is InChI=1S/C22H22N4O4/c1-30-22(29)19-11-14-7-5-6-8-15(14)13-25(19)21(28)17-12-18(20(23)27)26(24-17)16-9-3-2-4-10-16/h2-10,18-19H,11-13H2,1H3,(H2,23,27)/t18-,19-/m1/s1. The molecule has 0 spiro atoms. The van der Waals surface area contributed by atoms with Gasteiger partial charge in [0.1, 0.15) is 17.8 Å². The molecule has 154 valence electrons. The number of ether oxygens (including phenoxy) is 1. The number of amides is 2. The zero-order valence-corrected chi connectivity index (χ0v) is 16.5. The topological polar surface area (TPSA) is 105 Å². The lowest BCUT2D eigenvalue weighted by Crippen LogP contribution is -2.51. The van der Waals surface area contributed by atoms with Crippen LogP contribution in [0, 0.1) is 0 Å². The van der Waals surface area contributed by atoms with Crippen LogP contribution < -0.4 is 10.7 Å². The minimum Gasteiger partial charge on any atom is -0.467 e. The number of carbonyl (C=O) groups excluding carboxylic acids is 3. The van der Waals surface area contributed by atoms with Crippen molar-refractivity contribution in [3.63, 3.8) is 0 Å². The number of esters is 1. The number of methoxy groups -OCH3 is 1. The molecule has 0 fully saturated rings. The van der Waals surface area contributed by atoms with Crippen molar-refractivity contribution in [3.8, 4) is 0 Å². The predicted molar refractivity (Wildman–Crippen MR) is 110 cm³/mol. The minimum atomic E-state index is -0.764. The quantitative estimate of drug-likeness (QED) is 0.769. The third-order valence-electron chi connectivity index (χ3n) is 5.49. The van der Waals surface area contributed by atoms with E-state index in [4.69, 9.17) is 10.5 Å². The van der Waals surface area contributed by atoms with Crippen LogP contribution >= 0.6 is 0 Å². The van der Waals surface area contributed by atoms with Crippen LogP contribution in [-0.2, 0) is 32.1 Å². The third kappa shape index (κ3) is 3.52. The van der Waals surface area contributed by atoms with Crippen LogP contribution in [0.1, 0.15) is 17.5 Å². The number of rotatable bonds is 4. The van der Waals surface area contributed by atoms with Crippen LogP contribution in [0.25, 0.3) is 0 Å². The van der Waals surface area contributed by atoms with Crippen molar-refractivity contribution in [2.75, 3.05) is 12.1 Å². The highest BCUT2D eigenvalue weighted by Crippen LogP contribution is 2.28. The summed E-state index contributed by atoms with van der Waals surface area (Å²) in [6.45, 7) is 0.264. The first-order chi connectivity index (χ1) is 14.5. The highest BCUT2D eigenvalue weighted by atomic mass is 16.5. The molecule has 2 aliphatic heterocycles. The molecule has 2 aliphatic rings. The van der Waals surface area contributed by atoms with Gasteiger partial charge in [0, 0.05) is 19.4 Å². The third-order valence-corrected chi connectivity index (χ3v) is 5.49. The Bertz CT molecular complexity index is 1020. The van der Waals surface area contributed by atoms with Crippen molar-refractivity contribution in [3.05, 3.63) is 65.7 Å². The fourth-order valence-corrected chi connectivity index (χ4v) is 3.93. The minimum absolute atomic E-state index is 0.0785. The van der Waals surface area contributed by atoms with Gasteiger partial charge in [0.05, 0.1) is 12.8 Å². The Hall–Kier alpha value is -3.68. The molecule has 0 aromatic heterocycles. The Morgan fingerprint density at radius 1 is 0.967 bits per heavy atom. The van der Waals surface area contributed by atoms with E-state index < -0.39 is 29.9 Å². The van der Waals surface area contributed by atoms with Crippen molar-refractivity contribution < 1.29 is 19.1 Å². The van der Waals surface area contributed by atoms with E-state index in [9.17, 15) is 14.4 Å². The number of hydrazone groups is 1. The van der Waals surface area contributed by atoms with Gasteiger partial charge in [-0.3, -0.25) is 14.6 Å². The van der Waals surface area contributed by atoms with Gasteiger partial charge in [-0.05, 0) is 23.3 Å². The second-order valence-corrected chi connectivity index (χ2v) is 7.29. The van der Waals surface area contributed by atoms with Gasteiger partial charge in [-0.15, -0.1) is 0 Å². The Kier molecular flexibility index (Phi) is 5.22. The van der Waals surface area contributed by atoms with E-state index in [2.05, 4.69) is 5.10 Å². The van der Waals surface area contributed by atoms with E-state index in [0.717, 1.165) is 11.1 Å². The van der Waals surface area contributed by atoms with E-state index >= 15 is 0 Å². The van der Waals surface area contributed by atoms with Gasteiger partial charge < -0.3 is 15.4 Å². The van der Waals surface area contributed by atoms with Crippen LogP contribution in [0.4, 0.5) is 5.69 Å². The molecule has 0 radical (unpaired) electrons. The Labute approximate surface area is 173 Å². The van der Waals surface area contributed by atoms with Crippen molar-refractivity contribution in [2.24, 2.45) is 10.8 Å². The monoisotopic (exact) mass is 406 g/mol. The summed E-state index contributed by atoms with van der Waals surface area (Å²) in [5, 5.41) is 5.89. The van der Waals surface area contributed by atoms with Crippen LogP contribution in [-0.4, -0.2) is 47.6 Å². The first-order valence-corrected chi connectivity index (χ1v) is 9.66. The zero-order valence-electron chi connectivity index (χ0n) is 16.5. The summed E-state index contributed by atoms with van der Waals surface area (Å²) in [5.74, 6) is -1.45. The SMILES string of the molecule is COC(=O)[C@H]1Cc2ccccc2CN1C(=O)C1=NN(c2ccccc2)[C@@H](C(N)=O)C1. The normalized spacial score (nSPS) is 20.4. The fraction of sp³-hybridized carbons (Fsp3) is 0.273. The van der Waals surface area contributed by atoms with E-state index in [1.165, 1.54) is 17.0 Å². The maximum Gasteiger partial charge on any atom is 0.328 e. The van der Waals surface area contributed by atoms with Crippen LogP contribution in [0.5, 0.6) is 0 Å². The molecule has 0 saturated heterocycles. The second kappa shape index (κ2) is 7.98. The first kappa shape index (κ1) is 19.6. The summed E-state index contributed by atoms with van der Waals surface area (Å²) in [7, 11) is 1.30. The van der Waals surface area contributed by atoms with Gasteiger partial charge >= 0.3 is 5.97 Å². The number of hydrogen-bond acceptors (Lipinski definition) is 6. The number of primary amides is 1. The summed E-state index contributed by atoms with van der Waals surface area (Å²) in [4.78, 5) is 39.3. The fourth-order valence-electron chi connectivity index (χ4n) is 3.93. The van der Waals surface area contributed by atoms with Crippen molar-refractivity contribution in [1.29, 1.82) is 0 Å². The summed E-state index contributed by atoms with van der Waals surface area (Å²) >= 11 is 0. The zero-order chi connectivity index (χ0) is 21.3. The van der Waals surface area contributed by atoms with Gasteiger partial charge in [0.2, 0.25) is 5.91 Å². The van der Waals surface area contributed by atoms with Crippen LogP contribution in [0.15, 0.2) is 59.7 Å². The van der Waals surface area contributed by atoms with Crippen LogP contribution in [0.2, 0.25) is 0 Å². The highest BCUT2D eigenvalue weighted by molar-refractivity contribution is 6.40. The first-order valence-electron chi connectivity index (χ1n) is 9.66. The van der Waals surface area contributed by atoms with Crippen LogP contribution in [0.3, 0.4) is 0 Å². The number of nitrogens with two attached hydrogens (primary N) is 1. The predicted octanol–water partition coefficient (Wildman–Crippen LogP) is 1.23. The maximum atomic E-state index is 13.4. The molecule has 0 saturated carbocycles. The van der Waals surface area contributed by atoms with E-state index in [1.807, 2.05) is 42.5 Å². The molecule has 2 aromatic carbocycles. The molecule has 2 amide bonds. The Morgan fingerprint density at radius 2 is 1.63 bits per heavy atom. The molecule has 0 unspecified atom stereocenters. The molecular formula is C22H22N4O4. The molecule has 8 heteroatoms. The van der Waals surface area contributed by atoms with Crippen molar-refractivity contribution >= 4 is 29.2 Å². The lowest BCUT2D eigenvalue weighted by Gasteiger charge is -2.35. The number of carbonyl (C=O) groups is 3. The molecule has 30 heavy (non-hydrogen) atoms. The lowest BCUT2D eigenvalue weighted by molar-refractivity contribution is -0.151. The summed E-state index contributed by atoms with van der Waals surface area (Å²) in [6, 6.07) is 15.2. The van der Waals surface area contributed by atoms with E-state index in [1.54, 1.807) is 12.1 Å². The molecular weight excluding hydrogens is 384 g/mol. The smallest absolute Gasteiger partial charge is 0.328 e. The number of anilines is 1. The number of fused-ring (bicyclic) bond motifs is 1. The molecule has 2 atom stereocenters. The lowest BCUT2D eigenvalue weighted by atomic mass is 9.93. The number of nitrogens with zero attached hydrogens (tertiary/aromatic N) is 3. The molecule has 0 bridgehead atoms. The second-order valence-electron chi connectivity index (χ2n) is 7.29. The molecule has 0 aliphatic carbocycles. The van der Waals surface area contributed by atoms with Gasteiger partial charge in [0.15, 0.2) is 0 Å². The molecule has 2 aromatic rings. The van der Waals surface area contributed by atoms with E-state index in [0.29, 0.717) is 12.1 Å². The molecule has 4 rings (SSSR count). The largest absolute Gasteiger partial charge is 0.467 e. The van der Waals surface area contributed by atoms with Crippen molar-refractivity contribution in [1.82, 2.24) is 4.90 Å². The number of benzene rings is 2. The number of hydrogen-bond donors (Lipinski definition) is 1. The molecule has 2 heterocycles. The summed E-state index contributed by atoms with van der Waals surface area (Å²) in [6.07, 6.45) is 0.443. The Balaban J connectivity index is 1.66. The summed E-state index contributed by atoms with van der Waals surface area (Å²) in [5.41, 5.74) is 8.40. The maximum absolute atomic E-state index is 13.4. The highest BCUT2D eigenvalue weighted by Gasteiger charge is 2.41. The van der Waals surface area contributed by atoms with Gasteiger partial charge in [-0.2, -0.15) is 5.10 Å². The van der Waals surface area contributed by atoms with Gasteiger partial charge in [-0.1, -0.05) is 42.5 Å². The average molecular weight is 406 g/mol. The average Bonchev–Trinajstić information content (AvgIpc) is 3.23. The molecule has 2 N–H and O–H groups in total. The number of para-hydroxylation sites is 1. The van der Waals surface area contributed by atoms with E-state index in [-0.39, 0.29) is 18.7 Å². The molecule has 8 nitrogen and oxygen atoms in total.